The molecule has 2 aliphatic rings. The largest absolute Gasteiger partial charge is 0.352 e. The molecule has 2 aliphatic heterocycles. The molecule has 0 aromatic heterocycles. The molecule has 2 heterocycles. The molecule has 0 spiro atoms. The van der Waals surface area contributed by atoms with Crippen molar-refractivity contribution < 1.29 is 13.2 Å². The number of amides is 1. The minimum Gasteiger partial charge on any atom is -0.352 e. The molecule has 1 N–H and O–H groups in total. The zero-order valence-electron chi connectivity index (χ0n) is 14.8. The normalized spacial score (nSPS) is 23.6. The molecule has 0 bridgehead atoms. The number of hydrogen-bond acceptors (Lipinski definition) is 4. The van der Waals surface area contributed by atoms with Gasteiger partial charge in [0.25, 0.3) is 5.91 Å². The van der Waals surface area contributed by atoms with E-state index in [2.05, 4.69) is 17.1 Å². The summed E-state index contributed by atoms with van der Waals surface area (Å²) < 4.78 is 25.3. The standard InChI is InChI=1S/C18H27N3O3S/c1-2-20-10-3-5-15(14-20)13-19-18(22)16-6-8-17(9-7-16)21-11-4-12-25(21,23)24/h6-9,15H,2-5,10-14H2,1H3,(H,19,22)/t15-/m0/s1. The lowest BCUT2D eigenvalue weighted by Crippen LogP contribution is -2.40. The topological polar surface area (TPSA) is 69.7 Å². The number of hydrogen-bond donors (Lipinski definition) is 1. The Hall–Kier alpha value is -1.60. The van der Waals surface area contributed by atoms with Crippen LogP contribution in [0.1, 0.15) is 36.5 Å². The maximum atomic E-state index is 12.3. The highest BCUT2D eigenvalue weighted by Crippen LogP contribution is 2.24. The Bertz CT molecular complexity index is 703. The van der Waals surface area contributed by atoms with Crippen LogP contribution in [0.15, 0.2) is 24.3 Å². The Morgan fingerprint density at radius 3 is 2.60 bits per heavy atom. The summed E-state index contributed by atoms with van der Waals surface area (Å²) in [6, 6.07) is 6.85. The second-order valence-electron chi connectivity index (χ2n) is 6.90. The second-order valence-corrected chi connectivity index (χ2v) is 8.91. The van der Waals surface area contributed by atoms with Crippen LogP contribution in [0, 0.1) is 5.92 Å². The molecule has 2 saturated heterocycles. The van der Waals surface area contributed by atoms with Crippen molar-refractivity contribution in [1.29, 1.82) is 0 Å². The van der Waals surface area contributed by atoms with E-state index in [1.165, 1.54) is 10.7 Å². The van der Waals surface area contributed by atoms with Gasteiger partial charge in [0.15, 0.2) is 0 Å². The predicted molar refractivity (Wildman–Crippen MR) is 99.4 cm³/mol. The van der Waals surface area contributed by atoms with Gasteiger partial charge in [-0.25, -0.2) is 8.42 Å². The van der Waals surface area contributed by atoms with Crippen LogP contribution in [-0.2, 0) is 10.0 Å². The number of benzene rings is 1. The summed E-state index contributed by atoms with van der Waals surface area (Å²) in [5.74, 6) is 0.613. The molecule has 3 rings (SSSR count). The lowest BCUT2D eigenvalue weighted by atomic mass is 9.98. The first-order valence-corrected chi connectivity index (χ1v) is 10.7. The molecule has 0 saturated carbocycles. The number of nitrogens with one attached hydrogen (secondary N) is 1. The third-order valence-corrected chi connectivity index (χ3v) is 6.99. The molecule has 0 unspecified atom stereocenters. The fourth-order valence-electron chi connectivity index (χ4n) is 3.65. The Balaban J connectivity index is 1.56. The van der Waals surface area contributed by atoms with Gasteiger partial charge in [0.05, 0.1) is 11.4 Å². The number of anilines is 1. The maximum Gasteiger partial charge on any atom is 0.251 e. The predicted octanol–water partition coefficient (Wildman–Crippen LogP) is 1.69. The lowest BCUT2D eigenvalue weighted by Gasteiger charge is -2.31. The van der Waals surface area contributed by atoms with Crippen molar-refractivity contribution in [1.82, 2.24) is 10.2 Å². The van der Waals surface area contributed by atoms with E-state index in [1.807, 2.05) is 0 Å². The van der Waals surface area contributed by atoms with E-state index in [-0.39, 0.29) is 11.7 Å². The zero-order chi connectivity index (χ0) is 17.9. The molecule has 0 aliphatic carbocycles. The quantitative estimate of drug-likeness (QED) is 0.862. The summed E-state index contributed by atoms with van der Waals surface area (Å²) in [6.07, 6.45) is 3.00. The lowest BCUT2D eigenvalue weighted by molar-refractivity contribution is 0.0933. The average Bonchev–Trinajstić information content (AvgIpc) is 2.99. The van der Waals surface area contributed by atoms with Crippen LogP contribution in [0.3, 0.4) is 0 Å². The third-order valence-electron chi connectivity index (χ3n) is 5.12. The number of nitrogens with zero attached hydrogens (tertiary/aromatic N) is 2. The van der Waals surface area contributed by atoms with Crippen LogP contribution in [0.2, 0.25) is 0 Å². The maximum absolute atomic E-state index is 12.3. The number of likely N-dealkylation sites (tertiary alicyclic amines) is 1. The Kier molecular flexibility index (Phi) is 5.64. The highest BCUT2D eigenvalue weighted by molar-refractivity contribution is 7.93. The Labute approximate surface area is 150 Å². The molecule has 6 nitrogen and oxygen atoms in total. The summed E-state index contributed by atoms with van der Waals surface area (Å²) in [5.41, 5.74) is 1.21. The van der Waals surface area contributed by atoms with Crippen LogP contribution in [0.5, 0.6) is 0 Å². The first-order chi connectivity index (χ1) is 12.0. The minimum absolute atomic E-state index is 0.0931. The van der Waals surface area contributed by atoms with E-state index in [9.17, 15) is 13.2 Å². The van der Waals surface area contributed by atoms with E-state index < -0.39 is 10.0 Å². The highest BCUT2D eigenvalue weighted by Gasteiger charge is 2.28. The van der Waals surface area contributed by atoms with Gasteiger partial charge >= 0.3 is 0 Å². The number of sulfonamides is 1. The van der Waals surface area contributed by atoms with Crippen LogP contribution < -0.4 is 9.62 Å². The van der Waals surface area contributed by atoms with Crippen LogP contribution in [-0.4, -0.2) is 57.7 Å². The Morgan fingerprint density at radius 1 is 1.20 bits per heavy atom. The van der Waals surface area contributed by atoms with Crippen molar-refractivity contribution in [2.75, 3.05) is 42.8 Å². The van der Waals surface area contributed by atoms with Crippen molar-refractivity contribution in [3.63, 3.8) is 0 Å². The molecule has 0 radical (unpaired) electrons. The molecule has 1 amide bonds. The van der Waals surface area contributed by atoms with Gasteiger partial charge < -0.3 is 10.2 Å². The van der Waals surface area contributed by atoms with Crippen LogP contribution in [0.25, 0.3) is 0 Å². The van der Waals surface area contributed by atoms with Gasteiger partial charge in [0, 0.05) is 25.2 Å². The molecule has 2 fully saturated rings. The number of rotatable bonds is 5. The smallest absolute Gasteiger partial charge is 0.251 e. The highest BCUT2D eigenvalue weighted by atomic mass is 32.2. The molecule has 1 atom stereocenters. The first kappa shape index (κ1) is 18.2. The Morgan fingerprint density at radius 2 is 1.96 bits per heavy atom. The van der Waals surface area contributed by atoms with Crippen molar-refractivity contribution in [3.05, 3.63) is 29.8 Å². The summed E-state index contributed by atoms with van der Waals surface area (Å²) in [4.78, 5) is 14.8. The van der Waals surface area contributed by atoms with Gasteiger partial charge in [-0.2, -0.15) is 0 Å². The van der Waals surface area contributed by atoms with E-state index >= 15 is 0 Å². The second kappa shape index (κ2) is 7.74. The fourth-order valence-corrected chi connectivity index (χ4v) is 5.22. The molecule has 7 heteroatoms. The molecule has 1 aromatic carbocycles. The van der Waals surface area contributed by atoms with Crippen molar-refractivity contribution in [3.8, 4) is 0 Å². The molecule has 1 aromatic rings. The molecule has 138 valence electrons. The van der Waals surface area contributed by atoms with Crippen LogP contribution in [0.4, 0.5) is 5.69 Å². The number of carbonyl (C=O) groups excluding carboxylic acids is 1. The molecular weight excluding hydrogens is 338 g/mol. The van der Waals surface area contributed by atoms with E-state index in [4.69, 9.17) is 0 Å². The fraction of sp³-hybridized carbons (Fsp3) is 0.611. The summed E-state index contributed by atoms with van der Waals surface area (Å²) in [7, 11) is -3.18. The van der Waals surface area contributed by atoms with Gasteiger partial charge in [-0.1, -0.05) is 6.92 Å². The van der Waals surface area contributed by atoms with E-state index in [1.54, 1.807) is 24.3 Å². The number of carbonyl (C=O) groups is 1. The number of piperidine rings is 1. The van der Waals surface area contributed by atoms with Gasteiger partial charge in [0.2, 0.25) is 10.0 Å². The van der Waals surface area contributed by atoms with Gasteiger partial charge in [-0.05, 0) is 62.5 Å². The third kappa shape index (κ3) is 4.33. The van der Waals surface area contributed by atoms with Crippen molar-refractivity contribution in [2.24, 2.45) is 5.92 Å². The van der Waals surface area contributed by atoms with Gasteiger partial charge in [-0.15, -0.1) is 0 Å². The van der Waals surface area contributed by atoms with E-state index in [0.717, 1.165) is 26.1 Å². The van der Waals surface area contributed by atoms with Crippen LogP contribution >= 0.6 is 0 Å². The zero-order valence-corrected chi connectivity index (χ0v) is 15.6. The van der Waals surface area contributed by atoms with Gasteiger partial charge in [0.1, 0.15) is 0 Å². The minimum atomic E-state index is -3.18. The van der Waals surface area contributed by atoms with E-state index in [0.29, 0.717) is 36.7 Å². The molecule has 25 heavy (non-hydrogen) atoms. The first-order valence-electron chi connectivity index (χ1n) is 9.10. The monoisotopic (exact) mass is 365 g/mol. The van der Waals surface area contributed by atoms with Gasteiger partial charge in [-0.3, -0.25) is 9.10 Å². The summed E-state index contributed by atoms with van der Waals surface area (Å²) in [6.45, 7) is 6.64. The van der Waals surface area contributed by atoms with Crippen molar-refractivity contribution in [2.45, 2.75) is 26.2 Å². The summed E-state index contributed by atoms with van der Waals surface area (Å²) in [5, 5.41) is 3.02. The summed E-state index contributed by atoms with van der Waals surface area (Å²) >= 11 is 0. The molecular formula is C18H27N3O3S. The van der Waals surface area contributed by atoms with Crippen molar-refractivity contribution >= 4 is 21.6 Å². The average molecular weight is 365 g/mol. The SMILES string of the molecule is CCN1CCC[C@@H](CNC(=O)c2ccc(N3CCCS3(=O)=O)cc2)C1.